The maximum absolute atomic E-state index is 12.6. The molecule has 0 fully saturated rings. The second-order valence-corrected chi connectivity index (χ2v) is 6.47. The Kier molecular flexibility index (Phi) is 5.54. The number of aromatic nitrogens is 1. The van der Waals surface area contributed by atoms with Gasteiger partial charge in [0.25, 0.3) is 0 Å². The molecule has 0 aliphatic heterocycles. The molecule has 8 heteroatoms. The van der Waals surface area contributed by atoms with E-state index in [1.54, 1.807) is 13.0 Å². The Balaban J connectivity index is 1.82. The number of carbonyl (C=O) groups excluding carboxylic acids is 2. The molecule has 0 spiro atoms. The van der Waals surface area contributed by atoms with Crippen LogP contribution in [0.3, 0.4) is 0 Å². The lowest BCUT2D eigenvalue weighted by Crippen LogP contribution is -2.15. The molecule has 1 heterocycles. The highest BCUT2D eigenvalue weighted by molar-refractivity contribution is 6.05. The first kappa shape index (κ1) is 19.9. The van der Waals surface area contributed by atoms with Crippen molar-refractivity contribution in [1.82, 2.24) is 4.98 Å². The van der Waals surface area contributed by atoms with Gasteiger partial charge in [0.2, 0.25) is 5.78 Å². The first-order valence-corrected chi connectivity index (χ1v) is 8.71. The van der Waals surface area contributed by atoms with Gasteiger partial charge in [-0.3, -0.25) is 19.9 Å². The van der Waals surface area contributed by atoms with Crippen LogP contribution in [0.25, 0.3) is 10.9 Å². The van der Waals surface area contributed by atoms with Gasteiger partial charge in [-0.05, 0) is 44.2 Å². The largest absolute Gasteiger partial charge is 0.490 e. The van der Waals surface area contributed by atoms with E-state index in [1.165, 1.54) is 19.2 Å². The zero-order valence-electron chi connectivity index (χ0n) is 16.1. The quantitative estimate of drug-likeness (QED) is 0.271. The van der Waals surface area contributed by atoms with Gasteiger partial charge in [0.15, 0.2) is 12.4 Å². The lowest BCUT2D eigenvalue weighted by molar-refractivity contribution is -0.385. The second kappa shape index (κ2) is 8.05. The number of aryl methyl sites for hydroxylation is 2. The van der Waals surface area contributed by atoms with E-state index in [-0.39, 0.29) is 17.0 Å². The molecule has 148 valence electrons. The molecule has 0 aliphatic carbocycles. The number of carbonyl (C=O) groups is 2. The fraction of sp³-hybridized carbons (Fsp3) is 0.190. The fourth-order valence-electron chi connectivity index (χ4n) is 2.94. The van der Waals surface area contributed by atoms with Crippen molar-refractivity contribution in [2.75, 3.05) is 13.7 Å². The Morgan fingerprint density at radius 2 is 1.86 bits per heavy atom. The van der Waals surface area contributed by atoms with Crippen LogP contribution in [-0.4, -0.2) is 35.4 Å². The van der Waals surface area contributed by atoms with Crippen molar-refractivity contribution in [2.45, 2.75) is 13.8 Å². The molecule has 0 N–H and O–H groups in total. The average Bonchev–Trinajstić information content (AvgIpc) is 2.70. The minimum atomic E-state index is -0.664. The number of ketones is 1. The number of nitrogens with zero attached hydrogens (tertiary/aromatic N) is 2. The van der Waals surface area contributed by atoms with Crippen molar-refractivity contribution >= 4 is 28.3 Å². The van der Waals surface area contributed by atoms with Crippen LogP contribution in [0.2, 0.25) is 0 Å². The van der Waals surface area contributed by atoms with E-state index in [9.17, 15) is 19.7 Å². The van der Waals surface area contributed by atoms with Gasteiger partial charge in [0, 0.05) is 22.7 Å². The molecular weight excluding hydrogens is 376 g/mol. The number of pyridine rings is 1. The first-order valence-electron chi connectivity index (χ1n) is 8.71. The highest BCUT2D eigenvalue weighted by Crippen LogP contribution is 2.28. The van der Waals surface area contributed by atoms with Crippen molar-refractivity contribution in [3.05, 3.63) is 75.0 Å². The summed E-state index contributed by atoms with van der Waals surface area (Å²) in [6.45, 7) is 3.11. The highest BCUT2D eigenvalue weighted by atomic mass is 16.6. The number of hydrogen-bond donors (Lipinski definition) is 0. The van der Waals surface area contributed by atoms with E-state index < -0.39 is 23.3 Å². The Labute approximate surface area is 166 Å². The van der Waals surface area contributed by atoms with Crippen LogP contribution in [0, 0.1) is 24.0 Å². The van der Waals surface area contributed by atoms with Crippen LogP contribution in [-0.2, 0) is 4.74 Å². The summed E-state index contributed by atoms with van der Waals surface area (Å²) in [6.07, 6.45) is 0. The van der Waals surface area contributed by atoms with E-state index in [1.807, 2.05) is 25.1 Å². The number of benzene rings is 2. The number of Topliss-reactive ketones (excluding diaryl/α,β-unsaturated/α-hetero) is 1. The number of nitro benzene ring substituents is 1. The number of fused-ring (bicyclic) bond motifs is 1. The number of esters is 1. The summed E-state index contributed by atoms with van der Waals surface area (Å²) in [5.74, 6) is -1.18. The van der Waals surface area contributed by atoms with Crippen LogP contribution in [0.15, 0.2) is 42.5 Å². The topological polar surface area (TPSA) is 109 Å². The van der Waals surface area contributed by atoms with Crippen LogP contribution >= 0.6 is 0 Å². The number of rotatable bonds is 6. The smallest absolute Gasteiger partial charge is 0.339 e. The van der Waals surface area contributed by atoms with E-state index >= 15 is 0 Å². The molecule has 0 saturated carbocycles. The second-order valence-electron chi connectivity index (χ2n) is 6.47. The Bertz CT molecular complexity index is 1140. The predicted octanol–water partition coefficient (Wildman–Crippen LogP) is 3.81. The van der Waals surface area contributed by atoms with Gasteiger partial charge in [-0.15, -0.1) is 0 Å². The molecule has 3 aromatic rings. The number of hydrogen-bond acceptors (Lipinski definition) is 7. The molecule has 8 nitrogen and oxygen atoms in total. The Morgan fingerprint density at radius 3 is 2.55 bits per heavy atom. The van der Waals surface area contributed by atoms with E-state index in [2.05, 4.69) is 4.98 Å². The predicted molar refractivity (Wildman–Crippen MR) is 105 cm³/mol. The summed E-state index contributed by atoms with van der Waals surface area (Å²) in [4.78, 5) is 39.9. The number of methoxy groups -OCH3 is 1. The van der Waals surface area contributed by atoms with Crippen molar-refractivity contribution in [2.24, 2.45) is 0 Å². The van der Waals surface area contributed by atoms with Gasteiger partial charge < -0.3 is 9.47 Å². The van der Waals surface area contributed by atoms with Crippen molar-refractivity contribution in [1.29, 1.82) is 0 Å². The molecule has 2 aromatic carbocycles. The third-order valence-corrected chi connectivity index (χ3v) is 4.34. The Morgan fingerprint density at radius 1 is 1.10 bits per heavy atom. The van der Waals surface area contributed by atoms with E-state index in [4.69, 9.17) is 9.47 Å². The Hall–Kier alpha value is -3.81. The maximum atomic E-state index is 12.6. The van der Waals surface area contributed by atoms with Gasteiger partial charge in [0.05, 0.1) is 23.1 Å². The molecule has 3 rings (SSSR count). The van der Waals surface area contributed by atoms with Crippen LogP contribution in [0.4, 0.5) is 5.69 Å². The van der Waals surface area contributed by atoms with Crippen LogP contribution in [0.5, 0.6) is 5.75 Å². The van der Waals surface area contributed by atoms with Gasteiger partial charge >= 0.3 is 11.7 Å². The third-order valence-electron chi connectivity index (χ3n) is 4.34. The minimum absolute atomic E-state index is 0.0395. The maximum Gasteiger partial charge on any atom is 0.339 e. The molecule has 0 radical (unpaired) electrons. The molecule has 0 unspecified atom stereocenters. The van der Waals surface area contributed by atoms with E-state index in [0.29, 0.717) is 22.2 Å². The SMILES string of the molecule is COc1ccc(C(=O)COC(=O)c2cc(C)nc3ccc(C)cc23)cc1[N+](=O)[O-]. The van der Waals surface area contributed by atoms with Crippen molar-refractivity contribution in [3.8, 4) is 5.75 Å². The van der Waals surface area contributed by atoms with Gasteiger partial charge in [0.1, 0.15) is 0 Å². The zero-order valence-corrected chi connectivity index (χ0v) is 16.1. The standard InChI is InChI=1S/C21H18N2O6/c1-12-4-6-17-15(8-12)16(9-13(2)22-17)21(25)29-11-19(24)14-5-7-20(28-3)18(10-14)23(26)27/h4-10H,11H2,1-3H3. The summed E-state index contributed by atoms with van der Waals surface area (Å²) >= 11 is 0. The zero-order chi connectivity index (χ0) is 21.1. The average molecular weight is 394 g/mol. The summed E-state index contributed by atoms with van der Waals surface area (Å²) < 4.78 is 10.1. The monoisotopic (exact) mass is 394 g/mol. The lowest BCUT2D eigenvalue weighted by Gasteiger charge is -2.09. The van der Waals surface area contributed by atoms with Gasteiger partial charge in [-0.1, -0.05) is 11.6 Å². The first-order chi connectivity index (χ1) is 13.8. The van der Waals surface area contributed by atoms with Gasteiger partial charge in [-0.25, -0.2) is 4.79 Å². The number of ether oxygens (including phenoxy) is 2. The molecule has 0 aliphatic rings. The van der Waals surface area contributed by atoms with Crippen molar-refractivity contribution < 1.29 is 24.0 Å². The number of nitro groups is 1. The summed E-state index contributed by atoms with van der Waals surface area (Å²) in [7, 11) is 1.30. The summed E-state index contributed by atoms with van der Waals surface area (Å²) in [6, 6.07) is 11.0. The van der Waals surface area contributed by atoms with Gasteiger partial charge in [-0.2, -0.15) is 0 Å². The highest BCUT2D eigenvalue weighted by Gasteiger charge is 2.20. The lowest BCUT2D eigenvalue weighted by atomic mass is 10.1. The molecule has 0 saturated heterocycles. The molecular formula is C21H18N2O6. The van der Waals surface area contributed by atoms with E-state index in [0.717, 1.165) is 11.6 Å². The van der Waals surface area contributed by atoms with Crippen LogP contribution < -0.4 is 4.74 Å². The minimum Gasteiger partial charge on any atom is -0.490 e. The molecule has 1 aromatic heterocycles. The molecule has 0 amide bonds. The molecule has 29 heavy (non-hydrogen) atoms. The summed E-state index contributed by atoms with van der Waals surface area (Å²) in [5.41, 5.74) is 2.28. The van der Waals surface area contributed by atoms with Crippen molar-refractivity contribution in [3.63, 3.8) is 0 Å². The van der Waals surface area contributed by atoms with Crippen LogP contribution in [0.1, 0.15) is 32.0 Å². The molecule has 0 atom stereocenters. The molecule has 0 bridgehead atoms. The third kappa shape index (κ3) is 4.21. The normalized spacial score (nSPS) is 10.6. The summed E-state index contributed by atoms with van der Waals surface area (Å²) in [5, 5.41) is 11.7. The fourth-order valence-corrected chi connectivity index (χ4v) is 2.94.